The molecule has 1 unspecified atom stereocenters. The molecule has 0 saturated carbocycles. The second-order valence-electron chi connectivity index (χ2n) is 5.82. The second-order valence-corrected chi connectivity index (χ2v) is 5.82. The van der Waals surface area contributed by atoms with Crippen molar-refractivity contribution in [2.75, 3.05) is 13.1 Å². The molecule has 0 spiro atoms. The van der Waals surface area contributed by atoms with Crippen LogP contribution in [-0.2, 0) is 0 Å². The lowest BCUT2D eigenvalue weighted by Gasteiger charge is -2.45. The van der Waals surface area contributed by atoms with Crippen molar-refractivity contribution in [3.8, 4) is 0 Å². The lowest BCUT2D eigenvalue weighted by Crippen LogP contribution is -2.55. The number of piperidine rings is 1. The van der Waals surface area contributed by atoms with Gasteiger partial charge in [0, 0.05) is 11.1 Å². The van der Waals surface area contributed by atoms with Gasteiger partial charge in [-0.25, -0.2) is 4.39 Å². The first kappa shape index (κ1) is 14.4. The van der Waals surface area contributed by atoms with Crippen LogP contribution in [0.5, 0.6) is 0 Å². The molecule has 1 aliphatic rings. The molecular weight excluding hydrogens is 241 g/mol. The highest BCUT2D eigenvalue weighted by atomic mass is 19.1. The summed E-state index contributed by atoms with van der Waals surface area (Å²) >= 11 is 0. The topological polar surface area (TPSA) is 41.3 Å². The van der Waals surface area contributed by atoms with Crippen LogP contribution >= 0.6 is 0 Å². The number of benzene rings is 1. The monoisotopic (exact) mass is 265 g/mol. The summed E-state index contributed by atoms with van der Waals surface area (Å²) in [6, 6.07) is 6.65. The predicted octanol–water partition coefficient (Wildman–Crippen LogP) is 2.59. The lowest BCUT2D eigenvalue weighted by atomic mass is 9.85. The molecule has 0 bridgehead atoms. The third kappa shape index (κ3) is 2.96. The van der Waals surface area contributed by atoms with Crippen molar-refractivity contribution in [1.29, 1.82) is 0 Å². The smallest absolute Gasteiger partial charge is 0.128 e. The van der Waals surface area contributed by atoms with Gasteiger partial charge in [-0.05, 0) is 45.8 Å². The van der Waals surface area contributed by atoms with Crippen molar-refractivity contribution < 1.29 is 4.39 Å². The highest BCUT2D eigenvalue weighted by Crippen LogP contribution is 2.33. The first-order chi connectivity index (χ1) is 9.07. The molecule has 2 rings (SSSR count). The van der Waals surface area contributed by atoms with Crippen molar-refractivity contribution in [1.82, 2.24) is 10.3 Å². The van der Waals surface area contributed by atoms with Crippen LogP contribution in [0, 0.1) is 5.82 Å². The van der Waals surface area contributed by atoms with E-state index in [0.717, 1.165) is 13.1 Å². The third-order valence-corrected chi connectivity index (χ3v) is 4.26. The summed E-state index contributed by atoms with van der Waals surface area (Å²) < 4.78 is 14.0. The Morgan fingerprint density at radius 2 is 1.84 bits per heavy atom. The van der Waals surface area contributed by atoms with E-state index in [2.05, 4.69) is 24.2 Å². The van der Waals surface area contributed by atoms with Crippen LogP contribution in [0.2, 0.25) is 0 Å². The number of rotatable bonds is 4. The molecule has 1 aromatic rings. The maximum Gasteiger partial charge on any atom is 0.128 e. The number of likely N-dealkylation sites (tertiary alicyclic amines) is 1. The van der Waals surface area contributed by atoms with Gasteiger partial charge in [0.25, 0.3) is 0 Å². The molecule has 0 amide bonds. The van der Waals surface area contributed by atoms with Gasteiger partial charge in [-0.2, -0.15) is 0 Å². The van der Waals surface area contributed by atoms with Crippen molar-refractivity contribution >= 4 is 0 Å². The third-order valence-electron chi connectivity index (χ3n) is 4.26. The summed E-state index contributed by atoms with van der Waals surface area (Å²) in [4.78, 5) is 2.41. The van der Waals surface area contributed by atoms with Crippen LogP contribution < -0.4 is 11.3 Å². The molecule has 1 atom stereocenters. The van der Waals surface area contributed by atoms with E-state index >= 15 is 0 Å². The Bertz CT molecular complexity index is 414. The molecule has 106 valence electrons. The zero-order chi connectivity index (χ0) is 13.9. The van der Waals surface area contributed by atoms with Gasteiger partial charge >= 0.3 is 0 Å². The Morgan fingerprint density at radius 3 is 2.42 bits per heavy atom. The van der Waals surface area contributed by atoms with E-state index < -0.39 is 0 Å². The normalized spacial score (nSPS) is 19.4. The standard InChI is InChI=1S/C15H24FN3/c1-15(2,19-10-6-3-7-11-19)14(18-17)12-8-4-5-9-13(12)16/h4-5,8-9,14,18H,3,6-7,10-11,17H2,1-2H3. The van der Waals surface area contributed by atoms with Gasteiger partial charge in [0.05, 0.1) is 6.04 Å². The first-order valence-electron chi connectivity index (χ1n) is 7.03. The van der Waals surface area contributed by atoms with Crippen LogP contribution in [0.4, 0.5) is 4.39 Å². The van der Waals surface area contributed by atoms with Crippen molar-refractivity contribution in [2.45, 2.75) is 44.7 Å². The SMILES string of the molecule is CC(C)(C(NN)c1ccccc1F)N1CCCCC1. The quantitative estimate of drug-likeness (QED) is 0.649. The fraction of sp³-hybridized carbons (Fsp3) is 0.600. The van der Waals surface area contributed by atoms with Gasteiger partial charge in [-0.15, -0.1) is 0 Å². The Labute approximate surface area is 114 Å². The number of nitrogens with one attached hydrogen (secondary N) is 1. The number of halogens is 1. The summed E-state index contributed by atoms with van der Waals surface area (Å²) in [5.74, 6) is 5.52. The highest BCUT2D eigenvalue weighted by molar-refractivity contribution is 5.24. The highest BCUT2D eigenvalue weighted by Gasteiger charge is 2.37. The number of hydrazine groups is 1. The zero-order valence-corrected chi connectivity index (χ0v) is 11.8. The number of nitrogens with two attached hydrogens (primary N) is 1. The van der Waals surface area contributed by atoms with E-state index in [-0.39, 0.29) is 17.4 Å². The van der Waals surface area contributed by atoms with Gasteiger partial charge in [0.1, 0.15) is 5.82 Å². The van der Waals surface area contributed by atoms with E-state index in [1.807, 2.05) is 12.1 Å². The maximum absolute atomic E-state index is 14.0. The minimum absolute atomic E-state index is 0.199. The summed E-state index contributed by atoms with van der Waals surface area (Å²) in [7, 11) is 0. The van der Waals surface area contributed by atoms with E-state index in [4.69, 9.17) is 5.84 Å². The summed E-state index contributed by atoms with van der Waals surface area (Å²) in [5.41, 5.74) is 3.24. The van der Waals surface area contributed by atoms with Crippen molar-refractivity contribution in [2.24, 2.45) is 5.84 Å². The zero-order valence-electron chi connectivity index (χ0n) is 11.8. The van der Waals surface area contributed by atoms with Crippen LogP contribution in [0.25, 0.3) is 0 Å². The average molecular weight is 265 g/mol. The van der Waals surface area contributed by atoms with Gasteiger partial charge in [-0.3, -0.25) is 16.2 Å². The van der Waals surface area contributed by atoms with Gasteiger partial charge in [-0.1, -0.05) is 24.6 Å². The molecule has 1 aliphatic heterocycles. The largest absolute Gasteiger partial charge is 0.296 e. The first-order valence-corrected chi connectivity index (χ1v) is 7.03. The molecule has 19 heavy (non-hydrogen) atoms. The molecule has 1 saturated heterocycles. The molecule has 0 aliphatic carbocycles. The Hall–Kier alpha value is -0.970. The minimum Gasteiger partial charge on any atom is -0.296 e. The van der Waals surface area contributed by atoms with Crippen LogP contribution in [-0.4, -0.2) is 23.5 Å². The molecule has 1 aromatic carbocycles. The molecule has 3 N–H and O–H groups in total. The number of hydrogen-bond acceptors (Lipinski definition) is 3. The molecule has 1 fully saturated rings. The van der Waals surface area contributed by atoms with Crippen molar-refractivity contribution in [3.05, 3.63) is 35.6 Å². The summed E-state index contributed by atoms with van der Waals surface area (Å²) in [6.07, 6.45) is 3.70. The second kappa shape index (κ2) is 5.99. The summed E-state index contributed by atoms with van der Waals surface area (Å²) in [6.45, 7) is 6.38. The van der Waals surface area contributed by atoms with Gasteiger partial charge < -0.3 is 0 Å². The number of hydrogen-bond donors (Lipinski definition) is 2. The van der Waals surface area contributed by atoms with E-state index in [1.165, 1.54) is 25.3 Å². The van der Waals surface area contributed by atoms with Gasteiger partial charge in [0.15, 0.2) is 0 Å². The Kier molecular flexibility index (Phi) is 4.55. The maximum atomic E-state index is 14.0. The number of nitrogens with zero attached hydrogens (tertiary/aromatic N) is 1. The van der Waals surface area contributed by atoms with E-state index in [0.29, 0.717) is 5.56 Å². The summed E-state index contributed by atoms with van der Waals surface area (Å²) in [5, 5.41) is 0. The molecule has 3 nitrogen and oxygen atoms in total. The minimum atomic E-state index is -0.216. The fourth-order valence-electron chi connectivity index (χ4n) is 3.04. The van der Waals surface area contributed by atoms with E-state index in [9.17, 15) is 4.39 Å². The molecule has 0 radical (unpaired) electrons. The van der Waals surface area contributed by atoms with Crippen LogP contribution in [0.15, 0.2) is 24.3 Å². The van der Waals surface area contributed by atoms with Crippen LogP contribution in [0.1, 0.15) is 44.7 Å². The average Bonchev–Trinajstić information content (AvgIpc) is 2.42. The predicted molar refractivity (Wildman–Crippen MR) is 76.0 cm³/mol. The molecule has 4 heteroatoms. The molecule has 0 aromatic heterocycles. The fourth-order valence-corrected chi connectivity index (χ4v) is 3.04. The Balaban J connectivity index is 2.27. The molecule has 1 heterocycles. The Morgan fingerprint density at radius 1 is 1.21 bits per heavy atom. The lowest BCUT2D eigenvalue weighted by molar-refractivity contribution is 0.0596. The van der Waals surface area contributed by atoms with Crippen LogP contribution in [0.3, 0.4) is 0 Å². The van der Waals surface area contributed by atoms with Gasteiger partial charge in [0.2, 0.25) is 0 Å². The van der Waals surface area contributed by atoms with E-state index in [1.54, 1.807) is 6.07 Å². The molecular formula is C15H24FN3. The van der Waals surface area contributed by atoms with Crippen molar-refractivity contribution in [3.63, 3.8) is 0 Å².